The molecule has 1 N–H and O–H groups in total. The predicted molar refractivity (Wildman–Crippen MR) is 121 cm³/mol. The maximum atomic E-state index is 6.23. The second kappa shape index (κ2) is 9.18. The molecule has 0 aliphatic heterocycles. The summed E-state index contributed by atoms with van der Waals surface area (Å²) in [6, 6.07) is 12.2. The second-order valence-electron chi connectivity index (χ2n) is 7.33. The molecule has 0 aliphatic rings. The SMILES string of the molecule is Cc1ccc(/C=C/c2nc(NCCCN(C)C)c3cccc(C)c3n2)cc1Cl. The highest BCUT2D eigenvalue weighted by molar-refractivity contribution is 6.31. The fourth-order valence-corrected chi connectivity index (χ4v) is 3.20. The molecule has 4 nitrogen and oxygen atoms in total. The first-order valence-corrected chi connectivity index (χ1v) is 9.92. The molecule has 3 aromatic rings. The number of halogens is 1. The zero-order valence-electron chi connectivity index (χ0n) is 17.0. The summed E-state index contributed by atoms with van der Waals surface area (Å²) in [6.07, 6.45) is 5.00. The van der Waals surface area contributed by atoms with Crippen LogP contribution in [0.15, 0.2) is 36.4 Å². The Morgan fingerprint density at radius 1 is 1.04 bits per heavy atom. The molecule has 0 bridgehead atoms. The van der Waals surface area contributed by atoms with Gasteiger partial charge in [0.1, 0.15) is 5.82 Å². The van der Waals surface area contributed by atoms with Crippen molar-refractivity contribution in [1.82, 2.24) is 14.9 Å². The average Bonchev–Trinajstić information content (AvgIpc) is 2.66. The standard InChI is InChI=1S/C23H27ClN4/c1-16-9-10-18(15-20(16)24)11-12-21-26-22-17(2)7-5-8-19(22)23(27-21)25-13-6-14-28(3)4/h5,7-12,15H,6,13-14H2,1-4H3,(H,25,26,27)/b12-11+. The maximum Gasteiger partial charge on any atom is 0.154 e. The third-order valence-corrected chi connectivity index (χ3v) is 5.05. The molecule has 0 aliphatic carbocycles. The number of nitrogens with one attached hydrogen (secondary N) is 1. The van der Waals surface area contributed by atoms with E-state index in [1.807, 2.05) is 37.3 Å². The van der Waals surface area contributed by atoms with Gasteiger partial charge in [0, 0.05) is 17.0 Å². The first-order valence-electron chi connectivity index (χ1n) is 9.54. The van der Waals surface area contributed by atoms with E-state index in [0.29, 0.717) is 5.82 Å². The zero-order chi connectivity index (χ0) is 20.1. The van der Waals surface area contributed by atoms with E-state index in [-0.39, 0.29) is 0 Å². The first kappa shape index (κ1) is 20.3. The number of aryl methyl sites for hydroxylation is 2. The second-order valence-corrected chi connectivity index (χ2v) is 7.73. The molecule has 0 saturated carbocycles. The Hall–Kier alpha value is -2.43. The number of benzene rings is 2. The fraction of sp³-hybridized carbons (Fsp3) is 0.304. The Bertz CT molecular complexity index is 995. The van der Waals surface area contributed by atoms with Crippen LogP contribution in [0, 0.1) is 13.8 Å². The van der Waals surface area contributed by atoms with Crippen LogP contribution in [0.25, 0.3) is 23.1 Å². The van der Waals surface area contributed by atoms with E-state index in [4.69, 9.17) is 21.6 Å². The van der Waals surface area contributed by atoms with Gasteiger partial charge in [0.05, 0.1) is 5.52 Å². The number of hydrogen-bond acceptors (Lipinski definition) is 4. The molecule has 1 aromatic heterocycles. The molecule has 146 valence electrons. The Balaban J connectivity index is 1.90. The van der Waals surface area contributed by atoms with Crippen molar-refractivity contribution >= 4 is 40.5 Å². The van der Waals surface area contributed by atoms with Gasteiger partial charge >= 0.3 is 0 Å². The van der Waals surface area contributed by atoms with Crippen LogP contribution < -0.4 is 5.32 Å². The molecule has 0 unspecified atom stereocenters. The number of anilines is 1. The lowest BCUT2D eigenvalue weighted by Gasteiger charge is -2.13. The van der Waals surface area contributed by atoms with Gasteiger partial charge in [-0.05, 0) is 75.8 Å². The van der Waals surface area contributed by atoms with Crippen LogP contribution in [0.5, 0.6) is 0 Å². The summed E-state index contributed by atoms with van der Waals surface area (Å²) < 4.78 is 0. The summed E-state index contributed by atoms with van der Waals surface area (Å²) in [4.78, 5) is 11.7. The lowest BCUT2D eigenvalue weighted by Crippen LogP contribution is -2.17. The maximum absolute atomic E-state index is 6.23. The minimum atomic E-state index is 0.689. The van der Waals surface area contributed by atoms with Gasteiger partial charge in [0.2, 0.25) is 0 Å². The first-order chi connectivity index (χ1) is 13.4. The summed E-state index contributed by atoms with van der Waals surface area (Å²) in [5.74, 6) is 1.57. The lowest BCUT2D eigenvalue weighted by molar-refractivity contribution is 0.405. The highest BCUT2D eigenvalue weighted by Crippen LogP contribution is 2.24. The molecule has 0 saturated heterocycles. The van der Waals surface area contributed by atoms with Crippen LogP contribution in [0.1, 0.15) is 28.9 Å². The molecule has 0 spiro atoms. The third kappa shape index (κ3) is 5.09. The Morgan fingerprint density at radius 2 is 1.86 bits per heavy atom. The topological polar surface area (TPSA) is 41.1 Å². The number of aromatic nitrogens is 2. The van der Waals surface area contributed by atoms with Gasteiger partial charge in [-0.3, -0.25) is 0 Å². The molecular formula is C23H27ClN4. The van der Waals surface area contributed by atoms with E-state index in [9.17, 15) is 0 Å². The molecule has 28 heavy (non-hydrogen) atoms. The van der Waals surface area contributed by atoms with E-state index in [1.165, 1.54) is 0 Å². The summed E-state index contributed by atoms with van der Waals surface area (Å²) in [5, 5.41) is 5.31. The quantitative estimate of drug-likeness (QED) is 0.542. The van der Waals surface area contributed by atoms with Crippen LogP contribution in [-0.2, 0) is 0 Å². The van der Waals surface area contributed by atoms with Crippen molar-refractivity contribution in [3.05, 3.63) is 63.9 Å². The van der Waals surface area contributed by atoms with Crippen molar-refractivity contribution in [3.63, 3.8) is 0 Å². The number of nitrogens with zero attached hydrogens (tertiary/aromatic N) is 3. The highest BCUT2D eigenvalue weighted by Gasteiger charge is 2.08. The molecule has 3 rings (SSSR count). The van der Waals surface area contributed by atoms with Gasteiger partial charge in [-0.1, -0.05) is 41.9 Å². The highest BCUT2D eigenvalue weighted by atomic mass is 35.5. The van der Waals surface area contributed by atoms with Crippen molar-refractivity contribution in [2.45, 2.75) is 20.3 Å². The third-order valence-electron chi connectivity index (χ3n) is 4.64. The van der Waals surface area contributed by atoms with Gasteiger partial charge in [0.25, 0.3) is 0 Å². The van der Waals surface area contributed by atoms with Gasteiger partial charge in [0.15, 0.2) is 5.82 Å². The van der Waals surface area contributed by atoms with Crippen LogP contribution in [0.2, 0.25) is 5.02 Å². The van der Waals surface area contributed by atoms with E-state index in [2.05, 4.69) is 49.4 Å². The zero-order valence-corrected chi connectivity index (χ0v) is 17.7. The van der Waals surface area contributed by atoms with Gasteiger partial charge in [-0.25, -0.2) is 9.97 Å². The minimum Gasteiger partial charge on any atom is -0.369 e. The number of rotatable bonds is 7. The van der Waals surface area contributed by atoms with Gasteiger partial charge in [-0.15, -0.1) is 0 Å². The van der Waals surface area contributed by atoms with Crippen molar-refractivity contribution in [3.8, 4) is 0 Å². The lowest BCUT2D eigenvalue weighted by atomic mass is 10.1. The van der Waals surface area contributed by atoms with E-state index >= 15 is 0 Å². The van der Waals surface area contributed by atoms with Crippen LogP contribution >= 0.6 is 11.6 Å². The summed E-state index contributed by atoms with van der Waals surface area (Å²) in [7, 11) is 4.17. The van der Waals surface area contributed by atoms with Gasteiger partial charge < -0.3 is 10.2 Å². The molecule has 0 atom stereocenters. The number of para-hydroxylation sites is 1. The summed E-state index contributed by atoms with van der Waals surface area (Å²) >= 11 is 6.23. The molecule has 0 radical (unpaired) electrons. The fourth-order valence-electron chi connectivity index (χ4n) is 3.01. The average molecular weight is 395 g/mol. The normalized spacial score (nSPS) is 11.6. The van der Waals surface area contributed by atoms with Crippen molar-refractivity contribution in [1.29, 1.82) is 0 Å². The smallest absolute Gasteiger partial charge is 0.154 e. The van der Waals surface area contributed by atoms with Crippen molar-refractivity contribution < 1.29 is 0 Å². The van der Waals surface area contributed by atoms with E-state index in [1.54, 1.807) is 0 Å². The van der Waals surface area contributed by atoms with Crippen LogP contribution in [0.3, 0.4) is 0 Å². The van der Waals surface area contributed by atoms with E-state index < -0.39 is 0 Å². The predicted octanol–water partition coefficient (Wildman–Crippen LogP) is 5.43. The van der Waals surface area contributed by atoms with Crippen LogP contribution in [0.4, 0.5) is 5.82 Å². The summed E-state index contributed by atoms with van der Waals surface area (Å²) in [5.41, 5.74) is 4.23. The minimum absolute atomic E-state index is 0.689. The van der Waals surface area contributed by atoms with Crippen molar-refractivity contribution in [2.75, 3.05) is 32.5 Å². The molecule has 1 heterocycles. The monoisotopic (exact) mass is 394 g/mol. The molecule has 2 aromatic carbocycles. The Morgan fingerprint density at radius 3 is 2.61 bits per heavy atom. The van der Waals surface area contributed by atoms with Gasteiger partial charge in [-0.2, -0.15) is 0 Å². The Labute approximate surface area is 172 Å². The molecular weight excluding hydrogens is 368 g/mol. The number of fused-ring (bicyclic) bond motifs is 1. The number of hydrogen-bond donors (Lipinski definition) is 1. The molecule has 0 fully saturated rings. The van der Waals surface area contributed by atoms with Crippen LogP contribution in [-0.4, -0.2) is 42.1 Å². The molecule has 5 heteroatoms. The molecule has 0 amide bonds. The Kier molecular flexibility index (Phi) is 6.65. The largest absolute Gasteiger partial charge is 0.369 e. The van der Waals surface area contributed by atoms with Crippen molar-refractivity contribution in [2.24, 2.45) is 0 Å². The van der Waals surface area contributed by atoms with E-state index in [0.717, 1.165) is 57.9 Å². The summed E-state index contributed by atoms with van der Waals surface area (Å²) in [6.45, 7) is 5.99.